The van der Waals surface area contributed by atoms with Crippen molar-refractivity contribution in [1.29, 1.82) is 0 Å². The summed E-state index contributed by atoms with van der Waals surface area (Å²) in [5.74, 6) is 2.96. The van der Waals surface area contributed by atoms with Crippen molar-refractivity contribution in [2.75, 3.05) is 5.32 Å². The molecule has 6 nitrogen and oxygen atoms in total. The van der Waals surface area contributed by atoms with Gasteiger partial charge in [-0.25, -0.2) is 19.9 Å². The second kappa shape index (κ2) is 6.22. The number of H-pyrrole nitrogens is 1. The first-order valence-corrected chi connectivity index (χ1v) is 8.52. The predicted molar refractivity (Wildman–Crippen MR) is 104 cm³/mol. The third-order valence-corrected chi connectivity index (χ3v) is 4.33. The predicted octanol–water partition coefficient (Wildman–Crippen LogP) is 4.39. The summed E-state index contributed by atoms with van der Waals surface area (Å²) in [4.78, 5) is 21.4. The number of pyridine rings is 1. The summed E-state index contributed by atoms with van der Waals surface area (Å²) >= 11 is 0. The third kappa shape index (κ3) is 2.90. The van der Waals surface area contributed by atoms with Crippen molar-refractivity contribution in [2.24, 2.45) is 0 Å². The van der Waals surface area contributed by atoms with Crippen LogP contribution in [0.4, 0.5) is 11.6 Å². The third-order valence-electron chi connectivity index (χ3n) is 4.33. The first-order valence-electron chi connectivity index (χ1n) is 8.52. The molecule has 0 fully saturated rings. The van der Waals surface area contributed by atoms with Crippen molar-refractivity contribution in [1.82, 2.24) is 24.9 Å². The van der Waals surface area contributed by atoms with Gasteiger partial charge in [0.05, 0.1) is 5.52 Å². The summed E-state index contributed by atoms with van der Waals surface area (Å²) in [5.41, 5.74) is 6.14. The maximum Gasteiger partial charge on any atom is 0.159 e. The fraction of sp³-hybridized carbons (Fsp3) is 0.200. The first kappa shape index (κ1) is 16.2. The number of aromatic nitrogens is 5. The molecule has 6 heteroatoms. The zero-order valence-corrected chi connectivity index (χ0v) is 15.3. The summed E-state index contributed by atoms with van der Waals surface area (Å²) in [6.45, 7) is 8.01. The zero-order valence-electron chi connectivity index (χ0n) is 15.3. The van der Waals surface area contributed by atoms with Gasteiger partial charge in [0.25, 0.3) is 0 Å². The maximum absolute atomic E-state index is 4.82. The second-order valence-corrected chi connectivity index (χ2v) is 6.47. The molecule has 130 valence electrons. The highest BCUT2D eigenvalue weighted by Crippen LogP contribution is 2.29. The van der Waals surface area contributed by atoms with E-state index in [0.717, 1.165) is 33.9 Å². The van der Waals surface area contributed by atoms with E-state index in [-0.39, 0.29) is 0 Å². The van der Waals surface area contributed by atoms with Gasteiger partial charge in [-0.05, 0) is 44.9 Å². The molecule has 0 aliphatic rings. The van der Waals surface area contributed by atoms with Gasteiger partial charge in [0.1, 0.15) is 23.0 Å². The van der Waals surface area contributed by atoms with E-state index in [1.807, 2.05) is 26.0 Å². The Morgan fingerprint density at radius 3 is 2.42 bits per heavy atom. The van der Waals surface area contributed by atoms with E-state index >= 15 is 0 Å². The minimum Gasteiger partial charge on any atom is -0.338 e. The van der Waals surface area contributed by atoms with Gasteiger partial charge in [0, 0.05) is 23.5 Å². The highest BCUT2D eigenvalue weighted by Gasteiger charge is 2.14. The fourth-order valence-corrected chi connectivity index (χ4v) is 3.24. The molecule has 2 N–H and O–H groups in total. The molecule has 3 heterocycles. The van der Waals surface area contributed by atoms with E-state index < -0.39 is 0 Å². The number of aromatic amines is 1. The van der Waals surface area contributed by atoms with Gasteiger partial charge in [-0.2, -0.15) is 0 Å². The van der Waals surface area contributed by atoms with Crippen LogP contribution < -0.4 is 5.32 Å². The SMILES string of the molecule is Cc1cc(Nc2nccc3[nH]c(-c4c(C)cccc4C)nc23)nc(C)n1. The van der Waals surface area contributed by atoms with Crippen molar-refractivity contribution in [3.63, 3.8) is 0 Å². The molecule has 0 aliphatic carbocycles. The fourth-order valence-electron chi connectivity index (χ4n) is 3.24. The highest BCUT2D eigenvalue weighted by molar-refractivity contribution is 5.90. The number of hydrogen-bond acceptors (Lipinski definition) is 5. The lowest BCUT2D eigenvalue weighted by molar-refractivity contribution is 1.01. The van der Waals surface area contributed by atoms with Crippen LogP contribution >= 0.6 is 0 Å². The van der Waals surface area contributed by atoms with E-state index in [1.54, 1.807) is 6.20 Å². The number of fused-ring (bicyclic) bond motifs is 1. The minimum absolute atomic E-state index is 0.675. The molecule has 4 rings (SSSR count). The van der Waals surface area contributed by atoms with Crippen LogP contribution in [-0.4, -0.2) is 24.9 Å². The number of imidazole rings is 1. The Morgan fingerprint density at radius 2 is 1.69 bits per heavy atom. The smallest absolute Gasteiger partial charge is 0.159 e. The van der Waals surface area contributed by atoms with Crippen molar-refractivity contribution < 1.29 is 0 Å². The molecule has 0 amide bonds. The Bertz CT molecular complexity index is 1070. The number of aryl methyl sites for hydroxylation is 4. The van der Waals surface area contributed by atoms with Crippen LogP contribution in [-0.2, 0) is 0 Å². The maximum atomic E-state index is 4.82. The zero-order chi connectivity index (χ0) is 18.3. The average Bonchev–Trinajstić information content (AvgIpc) is 2.98. The molecule has 0 aliphatic heterocycles. The van der Waals surface area contributed by atoms with Crippen LogP contribution in [0.3, 0.4) is 0 Å². The molecular weight excluding hydrogens is 324 g/mol. The molecule has 0 atom stereocenters. The molecule has 0 saturated heterocycles. The van der Waals surface area contributed by atoms with Crippen LogP contribution in [0, 0.1) is 27.7 Å². The molecule has 0 bridgehead atoms. The molecule has 3 aromatic heterocycles. The summed E-state index contributed by atoms with van der Waals surface area (Å²) in [6, 6.07) is 10.1. The van der Waals surface area contributed by atoms with Crippen LogP contribution in [0.15, 0.2) is 36.5 Å². The Balaban J connectivity index is 1.81. The molecule has 0 radical (unpaired) electrons. The average molecular weight is 344 g/mol. The molecule has 1 aromatic carbocycles. The van der Waals surface area contributed by atoms with Crippen molar-refractivity contribution in [2.45, 2.75) is 27.7 Å². The minimum atomic E-state index is 0.675. The van der Waals surface area contributed by atoms with E-state index in [0.29, 0.717) is 11.6 Å². The lowest BCUT2D eigenvalue weighted by atomic mass is 10.0. The number of benzene rings is 1. The van der Waals surface area contributed by atoms with Gasteiger partial charge in [0.15, 0.2) is 5.82 Å². The van der Waals surface area contributed by atoms with Crippen LogP contribution in [0.1, 0.15) is 22.6 Å². The molecule has 4 aromatic rings. The van der Waals surface area contributed by atoms with Gasteiger partial charge in [-0.3, -0.25) is 0 Å². The van der Waals surface area contributed by atoms with E-state index in [1.165, 1.54) is 11.1 Å². The Labute approximate surface area is 151 Å². The summed E-state index contributed by atoms with van der Waals surface area (Å²) < 4.78 is 0. The van der Waals surface area contributed by atoms with Crippen LogP contribution in [0.2, 0.25) is 0 Å². The number of nitrogens with zero attached hydrogens (tertiary/aromatic N) is 4. The molecule has 0 saturated carbocycles. The van der Waals surface area contributed by atoms with Gasteiger partial charge in [-0.15, -0.1) is 0 Å². The highest BCUT2D eigenvalue weighted by atomic mass is 15.1. The largest absolute Gasteiger partial charge is 0.338 e. The molecular formula is C20H20N6. The van der Waals surface area contributed by atoms with Gasteiger partial charge in [0.2, 0.25) is 0 Å². The van der Waals surface area contributed by atoms with E-state index in [4.69, 9.17) is 4.98 Å². The quantitative estimate of drug-likeness (QED) is 0.576. The van der Waals surface area contributed by atoms with Crippen molar-refractivity contribution >= 4 is 22.7 Å². The Hall–Kier alpha value is -3.28. The summed E-state index contributed by atoms with van der Waals surface area (Å²) in [7, 11) is 0. The number of anilines is 2. The van der Waals surface area contributed by atoms with Gasteiger partial charge < -0.3 is 10.3 Å². The Kier molecular flexibility index (Phi) is 3.88. The standard InChI is InChI=1S/C20H20N6/c1-11-6-5-7-12(2)17(11)19-24-15-8-9-21-20(18(15)26-19)25-16-10-13(3)22-14(4)23-16/h5-10H,1-4H3,(H,24,26)(H,21,22,23,25). The van der Waals surface area contributed by atoms with Crippen LogP contribution in [0.25, 0.3) is 22.4 Å². The van der Waals surface area contributed by atoms with Gasteiger partial charge >= 0.3 is 0 Å². The molecule has 26 heavy (non-hydrogen) atoms. The topological polar surface area (TPSA) is 79.4 Å². The summed E-state index contributed by atoms with van der Waals surface area (Å²) in [5, 5.41) is 3.28. The van der Waals surface area contributed by atoms with Crippen molar-refractivity contribution in [3.8, 4) is 11.4 Å². The lowest BCUT2D eigenvalue weighted by Crippen LogP contribution is -2.00. The number of rotatable bonds is 3. The molecule has 0 spiro atoms. The summed E-state index contributed by atoms with van der Waals surface area (Å²) in [6.07, 6.45) is 1.76. The van der Waals surface area contributed by atoms with Crippen LogP contribution in [0.5, 0.6) is 0 Å². The van der Waals surface area contributed by atoms with E-state index in [9.17, 15) is 0 Å². The normalized spacial score (nSPS) is 11.1. The monoisotopic (exact) mass is 344 g/mol. The second-order valence-electron chi connectivity index (χ2n) is 6.47. The number of nitrogens with one attached hydrogen (secondary N) is 2. The number of hydrogen-bond donors (Lipinski definition) is 2. The van der Waals surface area contributed by atoms with Gasteiger partial charge in [-0.1, -0.05) is 18.2 Å². The van der Waals surface area contributed by atoms with E-state index in [2.05, 4.69) is 57.3 Å². The lowest BCUT2D eigenvalue weighted by Gasteiger charge is -2.07. The first-order chi connectivity index (χ1) is 12.5. The molecule has 0 unspecified atom stereocenters. The van der Waals surface area contributed by atoms with Crippen molar-refractivity contribution in [3.05, 3.63) is 59.2 Å². The Morgan fingerprint density at radius 1 is 0.923 bits per heavy atom.